The van der Waals surface area contributed by atoms with Crippen LogP contribution < -0.4 is 15.4 Å². The first kappa shape index (κ1) is 26.6. The highest BCUT2D eigenvalue weighted by Crippen LogP contribution is 2.29. The summed E-state index contributed by atoms with van der Waals surface area (Å²) in [7, 11) is 0. The molecule has 5 heteroatoms. The van der Waals surface area contributed by atoms with Crippen molar-refractivity contribution in [3.63, 3.8) is 0 Å². The summed E-state index contributed by atoms with van der Waals surface area (Å²) in [6.07, 6.45) is 1.78. The molecule has 0 heterocycles. The van der Waals surface area contributed by atoms with Crippen LogP contribution in [0, 0.1) is 6.92 Å². The summed E-state index contributed by atoms with van der Waals surface area (Å²) in [4.78, 5) is 12.2. The summed E-state index contributed by atoms with van der Waals surface area (Å²) in [5, 5.41) is 15.2. The maximum Gasteiger partial charge on any atom is 0.238 e. The van der Waals surface area contributed by atoms with Gasteiger partial charge < -0.3 is 20.5 Å². The Morgan fingerprint density at radius 1 is 1.07 bits per heavy atom. The van der Waals surface area contributed by atoms with Crippen LogP contribution in [0.1, 0.15) is 53.0 Å². The highest BCUT2D eigenvalue weighted by Gasteiger charge is 2.11. The zero-order chi connectivity index (χ0) is 22.1. The standard InChI is InChI=1S/C20H26N2O3.2C2H6/c1-3-7-16(14-23)21-13-20(24)22-18-10-4-5-11-19(18)25-17-9-6-8-15(2)12-17;2*1-2/h4-6,8-12,16,21,23H,3,7,13-14H2,1-2H3,(H,22,24);2*1-2H3/t16-;;/m0../s1. The molecule has 0 aliphatic rings. The normalized spacial score (nSPS) is 10.6. The van der Waals surface area contributed by atoms with Gasteiger partial charge in [-0.1, -0.05) is 65.3 Å². The van der Waals surface area contributed by atoms with Crippen molar-refractivity contribution in [3.8, 4) is 11.5 Å². The molecule has 29 heavy (non-hydrogen) atoms. The third-order valence-electron chi connectivity index (χ3n) is 3.79. The topological polar surface area (TPSA) is 70.6 Å². The van der Waals surface area contributed by atoms with Gasteiger partial charge in [-0.25, -0.2) is 0 Å². The lowest BCUT2D eigenvalue weighted by molar-refractivity contribution is -0.115. The molecule has 0 saturated heterocycles. The van der Waals surface area contributed by atoms with Gasteiger partial charge in [0.2, 0.25) is 5.91 Å². The van der Waals surface area contributed by atoms with E-state index < -0.39 is 0 Å². The first-order valence-corrected chi connectivity index (χ1v) is 10.6. The van der Waals surface area contributed by atoms with Crippen LogP contribution in [0.5, 0.6) is 11.5 Å². The molecule has 162 valence electrons. The summed E-state index contributed by atoms with van der Waals surface area (Å²) in [5.74, 6) is 1.15. The fourth-order valence-electron chi connectivity index (χ4n) is 2.50. The second-order valence-corrected chi connectivity index (χ2v) is 6.01. The Morgan fingerprint density at radius 2 is 1.76 bits per heavy atom. The van der Waals surface area contributed by atoms with E-state index in [-0.39, 0.29) is 25.1 Å². The number of carbonyl (C=O) groups is 1. The number of anilines is 1. The molecule has 5 nitrogen and oxygen atoms in total. The van der Waals surface area contributed by atoms with Gasteiger partial charge in [0.1, 0.15) is 5.75 Å². The van der Waals surface area contributed by atoms with Crippen molar-refractivity contribution in [2.75, 3.05) is 18.5 Å². The van der Waals surface area contributed by atoms with Crippen molar-refractivity contribution in [1.82, 2.24) is 5.32 Å². The van der Waals surface area contributed by atoms with E-state index in [0.29, 0.717) is 11.4 Å². The van der Waals surface area contributed by atoms with Crippen molar-refractivity contribution in [2.24, 2.45) is 0 Å². The van der Waals surface area contributed by atoms with Crippen LogP contribution in [0.4, 0.5) is 5.69 Å². The molecule has 2 aromatic carbocycles. The quantitative estimate of drug-likeness (QED) is 0.516. The van der Waals surface area contributed by atoms with Gasteiger partial charge in [-0.05, 0) is 43.2 Å². The molecule has 0 fully saturated rings. The third-order valence-corrected chi connectivity index (χ3v) is 3.79. The summed E-state index contributed by atoms with van der Waals surface area (Å²) >= 11 is 0. The highest BCUT2D eigenvalue weighted by atomic mass is 16.5. The van der Waals surface area contributed by atoms with Gasteiger partial charge in [0.25, 0.3) is 0 Å². The Balaban J connectivity index is 0.00000184. The van der Waals surface area contributed by atoms with Crippen molar-refractivity contribution in [1.29, 1.82) is 0 Å². The number of rotatable bonds is 9. The van der Waals surface area contributed by atoms with Crippen molar-refractivity contribution < 1.29 is 14.6 Å². The van der Waals surface area contributed by atoms with E-state index in [9.17, 15) is 9.90 Å². The Hall–Kier alpha value is -2.37. The number of para-hydroxylation sites is 2. The zero-order valence-corrected chi connectivity index (χ0v) is 18.8. The fourth-order valence-corrected chi connectivity index (χ4v) is 2.50. The molecular formula is C24H38N2O3. The molecule has 2 rings (SSSR count). The lowest BCUT2D eigenvalue weighted by Gasteiger charge is -2.16. The third kappa shape index (κ3) is 10.7. The van der Waals surface area contributed by atoms with Gasteiger partial charge in [0.05, 0.1) is 18.8 Å². The second kappa shape index (κ2) is 16.6. The van der Waals surface area contributed by atoms with E-state index in [1.807, 2.05) is 84.0 Å². The van der Waals surface area contributed by atoms with Crippen LogP contribution in [0.25, 0.3) is 0 Å². The molecule has 1 amide bonds. The van der Waals surface area contributed by atoms with Crippen LogP contribution in [0.15, 0.2) is 48.5 Å². The molecule has 0 radical (unpaired) electrons. The number of carbonyl (C=O) groups excluding carboxylic acids is 1. The van der Waals surface area contributed by atoms with E-state index in [1.165, 1.54) is 0 Å². The zero-order valence-electron chi connectivity index (χ0n) is 18.8. The molecule has 0 aromatic heterocycles. The van der Waals surface area contributed by atoms with Crippen molar-refractivity contribution in [3.05, 3.63) is 54.1 Å². The van der Waals surface area contributed by atoms with Crippen LogP contribution >= 0.6 is 0 Å². The average Bonchev–Trinajstić information content (AvgIpc) is 2.75. The lowest BCUT2D eigenvalue weighted by Crippen LogP contribution is -2.38. The van der Waals surface area contributed by atoms with Gasteiger partial charge in [-0.3, -0.25) is 4.79 Å². The minimum absolute atomic E-state index is 0.0220. The highest BCUT2D eigenvalue weighted by molar-refractivity contribution is 5.93. The van der Waals surface area contributed by atoms with Crippen LogP contribution in [0.3, 0.4) is 0 Å². The monoisotopic (exact) mass is 402 g/mol. The minimum Gasteiger partial charge on any atom is -0.455 e. The molecule has 0 aliphatic carbocycles. The van der Waals surface area contributed by atoms with Crippen molar-refractivity contribution >= 4 is 11.6 Å². The number of aliphatic hydroxyl groups excluding tert-OH is 1. The summed E-state index contributed by atoms with van der Waals surface area (Å²) < 4.78 is 5.90. The van der Waals surface area contributed by atoms with E-state index in [2.05, 4.69) is 10.6 Å². The Bertz CT molecular complexity index is 689. The summed E-state index contributed by atoms with van der Waals surface area (Å²) in [5.41, 5.74) is 1.72. The Labute approximate surface area is 176 Å². The molecule has 0 unspecified atom stereocenters. The number of aliphatic hydroxyl groups is 1. The predicted octanol–water partition coefficient (Wildman–Crippen LogP) is 5.53. The molecule has 3 N–H and O–H groups in total. The Kier molecular flexibility index (Phi) is 15.2. The fraction of sp³-hybridized carbons (Fsp3) is 0.458. The molecule has 0 saturated carbocycles. The van der Waals surface area contributed by atoms with Gasteiger partial charge in [0, 0.05) is 6.04 Å². The van der Waals surface area contributed by atoms with E-state index in [4.69, 9.17) is 4.74 Å². The van der Waals surface area contributed by atoms with Gasteiger partial charge >= 0.3 is 0 Å². The first-order chi connectivity index (χ1) is 14.1. The molecule has 1 atom stereocenters. The van der Waals surface area contributed by atoms with Crippen molar-refractivity contribution in [2.45, 2.75) is 60.4 Å². The van der Waals surface area contributed by atoms with Gasteiger partial charge in [0.15, 0.2) is 5.75 Å². The number of hydrogen-bond donors (Lipinski definition) is 3. The van der Waals surface area contributed by atoms with Gasteiger partial charge in [-0.15, -0.1) is 0 Å². The SMILES string of the molecule is CC.CC.CCC[C@@H](CO)NCC(=O)Nc1ccccc1Oc1cccc(C)c1. The van der Waals surface area contributed by atoms with Gasteiger partial charge in [-0.2, -0.15) is 0 Å². The van der Waals surface area contributed by atoms with Crippen LogP contribution in [-0.4, -0.2) is 30.2 Å². The van der Waals surface area contributed by atoms with E-state index >= 15 is 0 Å². The molecule has 0 spiro atoms. The number of benzene rings is 2. The molecular weight excluding hydrogens is 364 g/mol. The van der Waals surface area contributed by atoms with Crippen LogP contribution in [0.2, 0.25) is 0 Å². The predicted molar refractivity (Wildman–Crippen MR) is 123 cm³/mol. The van der Waals surface area contributed by atoms with E-state index in [1.54, 1.807) is 6.07 Å². The second-order valence-electron chi connectivity index (χ2n) is 6.01. The summed E-state index contributed by atoms with van der Waals surface area (Å²) in [6.45, 7) is 12.2. The number of hydrogen-bond acceptors (Lipinski definition) is 4. The lowest BCUT2D eigenvalue weighted by atomic mass is 10.2. The average molecular weight is 403 g/mol. The molecule has 2 aromatic rings. The number of nitrogens with one attached hydrogen (secondary N) is 2. The Morgan fingerprint density at radius 3 is 2.38 bits per heavy atom. The largest absolute Gasteiger partial charge is 0.455 e. The molecule has 0 bridgehead atoms. The van der Waals surface area contributed by atoms with E-state index in [0.717, 1.165) is 24.2 Å². The maximum absolute atomic E-state index is 12.2. The summed E-state index contributed by atoms with van der Waals surface area (Å²) in [6, 6.07) is 15.0. The number of aryl methyl sites for hydroxylation is 1. The minimum atomic E-state index is -0.171. The smallest absolute Gasteiger partial charge is 0.238 e. The first-order valence-electron chi connectivity index (χ1n) is 10.6. The number of amides is 1. The number of ether oxygens (including phenoxy) is 1. The molecule has 0 aliphatic heterocycles. The van der Waals surface area contributed by atoms with Crippen LogP contribution in [-0.2, 0) is 4.79 Å². The maximum atomic E-state index is 12.2.